The van der Waals surface area contributed by atoms with Gasteiger partial charge in [-0.2, -0.15) is 16.4 Å². The number of amides is 1. The zero-order valence-corrected chi connectivity index (χ0v) is 21.7. The standard InChI is InChI=1S/C27H31N3O5S/c1-16(2)22(13-21(31)11-19-9-10-36-15-19)25(32)29-23(27(34)35)12-18-5-7-20(8-6-18)24-17(3)14-28-30(4)26(24)33/h5-10,14-16,22-23H,11-13H2,1-4H3,(H,29,32)(H,34,35)/t22-,23+/m1/s1. The van der Waals surface area contributed by atoms with Gasteiger partial charge < -0.3 is 10.4 Å². The second-order valence-corrected chi connectivity index (χ2v) is 10.1. The molecule has 0 unspecified atom stereocenters. The summed E-state index contributed by atoms with van der Waals surface area (Å²) >= 11 is 1.51. The van der Waals surface area contributed by atoms with E-state index >= 15 is 0 Å². The number of rotatable bonds is 11. The summed E-state index contributed by atoms with van der Waals surface area (Å²) < 4.78 is 1.27. The second kappa shape index (κ2) is 11.9. The number of aryl methyl sites for hydroxylation is 2. The zero-order valence-electron chi connectivity index (χ0n) is 20.9. The summed E-state index contributed by atoms with van der Waals surface area (Å²) in [4.78, 5) is 50.0. The smallest absolute Gasteiger partial charge is 0.326 e. The number of carboxylic acid groups (broad SMARTS) is 1. The molecule has 36 heavy (non-hydrogen) atoms. The summed E-state index contributed by atoms with van der Waals surface area (Å²) in [5.41, 5.74) is 3.39. The van der Waals surface area contributed by atoms with Crippen LogP contribution in [0.25, 0.3) is 11.1 Å². The van der Waals surface area contributed by atoms with Crippen molar-refractivity contribution < 1.29 is 19.5 Å². The molecule has 0 aliphatic carbocycles. The van der Waals surface area contributed by atoms with E-state index in [0.29, 0.717) is 16.7 Å². The van der Waals surface area contributed by atoms with E-state index in [1.54, 1.807) is 37.5 Å². The number of carbonyl (C=O) groups excluding carboxylic acids is 2. The highest BCUT2D eigenvalue weighted by Gasteiger charge is 2.29. The summed E-state index contributed by atoms with van der Waals surface area (Å²) in [6.07, 6.45) is 2.01. The summed E-state index contributed by atoms with van der Waals surface area (Å²) in [6.45, 7) is 5.51. The number of nitrogens with one attached hydrogen (secondary N) is 1. The predicted molar refractivity (Wildman–Crippen MR) is 139 cm³/mol. The summed E-state index contributed by atoms with van der Waals surface area (Å²) in [5.74, 6) is -2.40. The Morgan fingerprint density at radius 3 is 2.39 bits per heavy atom. The van der Waals surface area contributed by atoms with Crippen LogP contribution < -0.4 is 10.9 Å². The number of benzene rings is 1. The van der Waals surface area contributed by atoms with Gasteiger partial charge in [-0.05, 0) is 51.9 Å². The predicted octanol–water partition coefficient (Wildman–Crippen LogP) is 3.40. The number of carbonyl (C=O) groups is 3. The number of hydrogen-bond donors (Lipinski definition) is 2. The Labute approximate surface area is 214 Å². The molecule has 1 amide bonds. The van der Waals surface area contributed by atoms with Crippen molar-refractivity contribution >= 4 is 29.0 Å². The Bertz CT molecular complexity index is 1280. The van der Waals surface area contributed by atoms with Gasteiger partial charge in [0.05, 0.1) is 11.8 Å². The molecule has 0 aliphatic rings. The fourth-order valence-electron chi connectivity index (χ4n) is 4.06. The highest BCUT2D eigenvalue weighted by Crippen LogP contribution is 2.21. The minimum Gasteiger partial charge on any atom is -0.480 e. The quantitative estimate of drug-likeness (QED) is 0.409. The lowest BCUT2D eigenvalue weighted by molar-refractivity contribution is -0.143. The molecule has 1 aromatic carbocycles. The van der Waals surface area contributed by atoms with Crippen molar-refractivity contribution in [1.29, 1.82) is 0 Å². The molecule has 2 aromatic heterocycles. The third-order valence-electron chi connectivity index (χ3n) is 6.19. The first-order chi connectivity index (χ1) is 17.1. The maximum Gasteiger partial charge on any atom is 0.326 e. The Hall–Kier alpha value is -3.59. The number of Topliss-reactive ketones (excluding diaryl/α,β-unsaturated/α-hetero) is 1. The lowest BCUT2D eigenvalue weighted by Crippen LogP contribution is -2.46. The number of thiophene rings is 1. The Morgan fingerprint density at radius 2 is 1.81 bits per heavy atom. The molecule has 0 bridgehead atoms. The van der Waals surface area contributed by atoms with E-state index in [-0.39, 0.29) is 36.5 Å². The molecule has 9 heteroatoms. The molecular formula is C27H31N3O5S. The molecule has 3 rings (SSSR count). The van der Waals surface area contributed by atoms with Crippen molar-refractivity contribution in [1.82, 2.24) is 15.1 Å². The molecule has 2 atom stereocenters. The van der Waals surface area contributed by atoms with E-state index < -0.39 is 23.8 Å². The van der Waals surface area contributed by atoms with Gasteiger partial charge in [0.2, 0.25) is 5.91 Å². The number of hydrogen-bond acceptors (Lipinski definition) is 6. The average molecular weight is 510 g/mol. The van der Waals surface area contributed by atoms with E-state index in [2.05, 4.69) is 10.4 Å². The normalized spacial score (nSPS) is 12.8. The number of aromatic nitrogens is 2. The van der Waals surface area contributed by atoms with Gasteiger partial charge in [-0.25, -0.2) is 9.48 Å². The SMILES string of the molecule is Cc1cnn(C)c(=O)c1-c1ccc(C[C@H](NC(=O)[C@H](CC(=O)Cc2ccsc2)C(C)C)C(=O)O)cc1. The van der Waals surface area contributed by atoms with Gasteiger partial charge in [-0.15, -0.1) is 0 Å². The topological polar surface area (TPSA) is 118 Å². The highest BCUT2D eigenvalue weighted by atomic mass is 32.1. The van der Waals surface area contributed by atoms with Crippen LogP contribution in [0.2, 0.25) is 0 Å². The molecule has 190 valence electrons. The number of carboxylic acids is 1. The van der Waals surface area contributed by atoms with Crippen molar-refractivity contribution in [2.75, 3.05) is 0 Å². The highest BCUT2D eigenvalue weighted by molar-refractivity contribution is 7.08. The second-order valence-electron chi connectivity index (χ2n) is 9.33. The summed E-state index contributed by atoms with van der Waals surface area (Å²) in [7, 11) is 1.58. The minimum atomic E-state index is -1.15. The Kier molecular flexibility index (Phi) is 8.93. The monoisotopic (exact) mass is 509 g/mol. The first-order valence-electron chi connectivity index (χ1n) is 11.7. The fourth-order valence-corrected chi connectivity index (χ4v) is 4.73. The fraction of sp³-hybridized carbons (Fsp3) is 0.370. The lowest BCUT2D eigenvalue weighted by Gasteiger charge is -2.23. The molecule has 0 fully saturated rings. The molecule has 0 aliphatic heterocycles. The number of nitrogens with zero attached hydrogens (tertiary/aromatic N) is 2. The molecule has 8 nitrogen and oxygen atoms in total. The van der Waals surface area contributed by atoms with Crippen molar-refractivity contribution in [2.24, 2.45) is 18.9 Å². The average Bonchev–Trinajstić information content (AvgIpc) is 3.33. The van der Waals surface area contributed by atoms with Crippen LogP contribution in [0.1, 0.15) is 37.0 Å². The van der Waals surface area contributed by atoms with E-state index in [1.165, 1.54) is 16.0 Å². The van der Waals surface area contributed by atoms with Crippen LogP contribution in [0, 0.1) is 18.8 Å². The third kappa shape index (κ3) is 6.75. The van der Waals surface area contributed by atoms with Crippen molar-refractivity contribution in [3.8, 4) is 11.1 Å². The summed E-state index contributed by atoms with van der Waals surface area (Å²) in [5, 5.41) is 20.2. The van der Waals surface area contributed by atoms with Gasteiger partial charge in [0, 0.05) is 32.2 Å². The van der Waals surface area contributed by atoms with Crippen LogP contribution in [-0.2, 0) is 34.3 Å². The van der Waals surface area contributed by atoms with Crippen LogP contribution in [0.4, 0.5) is 0 Å². The molecule has 2 heterocycles. The van der Waals surface area contributed by atoms with Crippen LogP contribution in [-0.4, -0.2) is 38.6 Å². The zero-order chi connectivity index (χ0) is 26.4. The van der Waals surface area contributed by atoms with E-state index in [4.69, 9.17) is 0 Å². The van der Waals surface area contributed by atoms with Gasteiger partial charge >= 0.3 is 5.97 Å². The molecule has 0 saturated heterocycles. The first-order valence-corrected chi connectivity index (χ1v) is 12.7. The van der Waals surface area contributed by atoms with Gasteiger partial charge in [0.25, 0.3) is 5.56 Å². The van der Waals surface area contributed by atoms with Gasteiger partial charge in [-0.1, -0.05) is 38.1 Å². The maximum absolute atomic E-state index is 13.0. The van der Waals surface area contributed by atoms with Gasteiger partial charge in [0.15, 0.2) is 0 Å². The Morgan fingerprint density at radius 1 is 1.11 bits per heavy atom. The van der Waals surface area contributed by atoms with E-state index in [9.17, 15) is 24.3 Å². The van der Waals surface area contributed by atoms with Gasteiger partial charge in [-0.3, -0.25) is 14.4 Å². The maximum atomic E-state index is 13.0. The van der Waals surface area contributed by atoms with Crippen LogP contribution in [0.3, 0.4) is 0 Å². The molecule has 2 N–H and O–H groups in total. The molecular weight excluding hydrogens is 478 g/mol. The van der Waals surface area contributed by atoms with Gasteiger partial charge in [0.1, 0.15) is 11.8 Å². The first kappa shape index (κ1) is 27.0. The minimum absolute atomic E-state index is 0.0535. The van der Waals surface area contributed by atoms with Crippen molar-refractivity contribution in [3.05, 3.63) is 74.3 Å². The molecule has 3 aromatic rings. The van der Waals surface area contributed by atoms with E-state index in [0.717, 1.165) is 11.1 Å². The largest absolute Gasteiger partial charge is 0.480 e. The lowest BCUT2D eigenvalue weighted by atomic mass is 9.88. The summed E-state index contributed by atoms with van der Waals surface area (Å²) in [6, 6.07) is 7.76. The van der Waals surface area contributed by atoms with Crippen LogP contribution >= 0.6 is 11.3 Å². The molecule has 0 spiro atoms. The van der Waals surface area contributed by atoms with E-state index in [1.807, 2.05) is 37.6 Å². The molecule has 0 radical (unpaired) electrons. The number of aliphatic carboxylic acids is 1. The Balaban J connectivity index is 1.70. The van der Waals surface area contributed by atoms with Crippen LogP contribution in [0.15, 0.2) is 52.1 Å². The third-order valence-corrected chi connectivity index (χ3v) is 6.93. The number of ketones is 1. The van der Waals surface area contributed by atoms with Crippen molar-refractivity contribution in [3.63, 3.8) is 0 Å². The van der Waals surface area contributed by atoms with Crippen LogP contribution in [0.5, 0.6) is 0 Å². The van der Waals surface area contributed by atoms with Crippen molar-refractivity contribution in [2.45, 2.75) is 46.1 Å². The molecule has 0 saturated carbocycles.